The van der Waals surface area contributed by atoms with Crippen LogP contribution in [-0.2, 0) is 27.3 Å². The number of carbonyl (C=O) groups excluding carboxylic acids is 3. The number of carbonyl (C=O) groups is 3. The number of anilines is 1. The normalized spacial score (nSPS) is 16.1. The number of phenols is 1. The van der Waals surface area contributed by atoms with Crippen LogP contribution in [0.2, 0.25) is 0 Å². The number of rotatable bonds is 11. The van der Waals surface area contributed by atoms with Crippen LogP contribution in [0.1, 0.15) is 40.9 Å². The summed E-state index contributed by atoms with van der Waals surface area (Å²) >= 11 is 1.63. The lowest BCUT2D eigenvalue weighted by atomic mass is 10.0. The van der Waals surface area contributed by atoms with Gasteiger partial charge in [0.05, 0.1) is 29.1 Å². The summed E-state index contributed by atoms with van der Waals surface area (Å²) in [4.78, 5) is 57.7. The van der Waals surface area contributed by atoms with Crippen molar-refractivity contribution >= 4 is 45.0 Å². The minimum Gasteiger partial charge on any atom is -0.508 e. The molecule has 11 nitrogen and oxygen atoms in total. The zero-order valence-electron chi connectivity index (χ0n) is 27.3. The lowest BCUT2D eigenvalue weighted by Crippen LogP contribution is -2.55. The second kappa shape index (κ2) is 13.7. The number of phenolic OH excluding ortho intramolecular Hbond substituents is 1. The summed E-state index contributed by atoms with van der Waals surface area (Å²) in [7, 11) is 4.05. The summed E-state index contributed by atoms with van der Waals surface area (Å²) < 4.78 is 6.91. The molecule has 250 valence electrons. The fourth-order valence-electron chi connectivity index (χ4n) is 6.28. The second-order valence-electron chi connectivity index (χ2n) is 12.5. The molecule has 0 radical (unpaired) electrons. The lowest BCUT2D eigenvalue weighted by Gasteiger charge is -2.35. The number of hydrogen-bond donors (Lipinski definition) is 1. The average molecular weight is 677 g/mol. The maximum atomic E-state index is 13.3. The summed E-state index contributed by atoms with van der Waals surface area (Å²) in [5, 5.41) is 10.7. The molecule has 0 saturated carbocycles. The molecule has 5 aromatic rings. The molecular formula is C37H36N6O5S. The van der Waals surface area contributed by atoms with Crippen LogP contribution in [0.25, 0.3) is 32.0 Å². The smallest absolute Gasteiger partial charge is 0.255 e. The maximum absolute atomic E-state index is 13.3. The Kier molecular flexibility index (Phi) is 9.07. The van der Waals surface area contributed by atoms with Gasteiger partial charge in [-0.25, -0.2) is 4.98 Å². The van der Waals surface area contributed by atoms with Crippen LogP contribution in [-0.4, -0.2) is 87.5 Å². The molecule has 0 aliphatic carbocycles. The number of thiazole rings is 1. The molecule has 2 aliphatic heterocycles. The monoisotopic (exact) mass is 676 g/mol. The molecule has 1 N–H and O–H groups in total. The molecule has 2 aliphatic rings. The van der Waals surface area contributed by atoms with Crippen molar-refractivity contribution in [3.63, 3.8) is 0 Å². The van der Waals surface area contributed by atoms with Gasteiger partial charge in [-0.05, 0) is 73.4 Å². The van der Waals surface area contributed by atoms with E-state index in [0.717, 1.165) is 56.3 Å². The third kappa shape index (κ3) is 6.74. The first-order chi connectivity index (χ1) is 23.7. The summed E-state index contributed by atoms with van der Waals surface area (Å²) in [6, 6.07) is 18.2. The number of pyridine rings is 2. The van der Waals surface area contributed by atoms with Crippen molar-refractivity contribution in [3.05, 3.63) is 89.9 Å². The third-order valence-corrected chi connectivity index (χ3v) is 10.0. The number of fused-ring (bicyclic) bond motifs is 2. The molecule has 3 amide bonds. The van der Waals surface area contributed by atoms with Gasteiger partial charge in [-0.1, -0.05) is 12.1 Å². The highest BCUT2D eigenvalue weighted by atomic mass is 32.1. The van der Waals surface area contributed by atoms with E-state index in [9.17, 15) is 19.5 Å². The summed E-state index contributed by atoms with van der Waals surface area (Å²) in [5.41, 5.74) is 7.00. The number of nitrogens with zero attached hydrogens (tertiary/aromatic N) is 6. The van der Waals surface area contributed by atoms with E-state index in [0.29, 0.717) is 17.7 Å². The van der Waals surface area contributed by atoms with Crippen molar-refractivity contribution in [1.29, 1.82) is 0 Å². The van der Waals surface area contributed by atoms with E-state index < -0.39 is 6.04 Å². The van der Waals surface area contributed by atoms with Crippen LogP contribution in [0.4, 0.5) is 5.69 Å². The van der Waals surface area contributed by atoms with Crippen molar-refractivity contribution in [2.45, 2.75) is 38.3 Å². The number of likely N-dealkylation sites (tertiary alicyclic amines) is 1. The number of imide groups is 1. The van der Waals surface area contributed by atoms with Gasteiger partial charge in [-0.2, -0.15) is 0 Å². The van der Waals surface area contributed by atoms with E-state index in [1.807, 2.05) is 56.8 Å². The number of aromatic nitrogens is 3. The highest BCUT2D eigenvalue weighted by Gasteiger charge is 2.42. The fourth-order valence-corrected chi connectivity index (χ4v) is 7.25. The molecule has 7 rings (SSSR count). The molecule has 2 aromatic carbocycles. The van der Waals surface area contributed by atoms with Gasteiger partial charge >= 0.3 is 0 Å². The van der Waals surface area contributed by atoms with Crippen LogP contribution in [0.15, 0.2) is 73.1 Å². The molecule has 1 fully saturated rings. The lowest BCUT2D eigenvalue weighted by molar-refractivity contribution is -0.153. The molecule has 1 saturated heterocycles. The number of aryl methyl sites for hydroxylation is 1. The van der Waals surface area contributed by atoms with Crippen LogP contribution in [0.3, 0.4) is 0 Å². The molecule has 1 atom stereocenters. The van der Waals surface area contributed by atoms with Crippen LogP contribution in [0.5, 0.6) is 5.75 Å². The van der Waals surface area contributed by atoms with E-state index >= 15 is 0 Å². The number of hydrogen-bond acceptors (Lipinski definition) is 10. The first kappa shape index (κ1) is 32.4. The second-order valence-corrected chi connectivity index (χ2v) is 13.5. The number of ether oxygens (including phenoxy) is 1. The first-order valence-corrected chi connectivity index (χ1v) is 17.1. The van der Waals surface area contributed by atoms with Gasteiger partial charge in [0.1, 0.15) is 16.8 Å². The number of amides is 3. The molecule has 5 heterocycles. The molecule has 12 heteroatoms. The minimum absolute atomic E-state index is 0.0740. The van der Waals surface area contributed by atoms with Gasteiger partial charge in [-0.15, -0.1) is 11.3 Å². The summed E-state index contributed by atoms with van der Waals surface area (Å²) in [6.45, 7) is 1.05. The highest BCUT2D eigenvalue weighted by Crippen LogP contribution is 2.33. The van der Waals surface area contributed by atoms with Crippen molar-refractivity contribution in [1.82, 2.24) is 24.8 Å². The molecule has 0 bridgehead atoms. The molecule has 49 heavy (non-hydrogen) atoms. The predicted molar refractivity (Wildman–Crippen MR) is 187 cm³/mol. The first-order valence-electron chi connectivity index (χ1n) is 16.3. The Labute approximate surface area is 287 Å². The van der Waals surface area contributed by atoms with Crippen molar-refractivity contribution in [2.24, 2.45) is 0 Å². The summed E-state index contributed by atoms with van der Waals surface area (Å²) in [5.74, 6) is -0.814. The molecule has 1 unspecified atom stereocenters. The van der Waals surface area contributed by atoms with Gasteiger partial charge in [0, 0.05) is 74.1 Å². The van der Waals surface area contributed by atoms with Crippen molar-refractivity contribution < 1.29 is 24.2 Å². The SMILES string of the molecule is CN(C)c1ccc2nc(-c3ccc(-c4ccc(CCCOCCN5C(=O)CCC(N6Cc7cc(O)ccc7C6=O)C5=O)nc4)cn3)sc2c1. The molecular weight excluding hydrogens is 641 g/mol. The van der Waals surface area contributed by atoms with E-state index in [2.05, 4.69) is 27.0 Å². The Hall–Kier alpha value is -5.20. The van der Waals surface area contributed by atoms with Crippen molar-refractivity contribution in [2.75, 3.05) is 38.8 Å². The standard InChI is InChI=1S/C37H36N6O5S/c1-41(2)27-8-12-30-33(19-27)49-35(40-30)31-11-6-24(21-39-31)23-5-7-26(38-20-23)4-3-16-48-17-15-42-34(45)14-13-32(37(42)47)43-22-25-18-28(44)9-10-29(25)36(43)46/h5-12,18-21,32,44H,3-4,13-17,22H2,1-2H3. The van der Waals surface area contributed by atoms with E-state index in [1.54, 1.807) is 23.5 Å². The Bertz CT molecular complexity index is 2030. The quantitative estimate of drug-likeness (QED) is 0.146. The van der Waals surface area contributed by atoms with Gasteiger partial charge < -0.3 is 19.6 Å². The number of piperidine rings is 1. The van der Waals surface area contributed by atoms with E-state index in [-0.39, 0.29) is 56.0 Å². The molecule has 3 aromatic heterocycles. The Morgan fingerprint density at radius 1 is 0.959 bits per heavy atom. The largest absolute Gasteiger partial charge is 0.508 e. The van der Waals surface area contributed by atoms with Gasteiger partial charge in [0.15, 0.2) is 0 Å². The minimum atomic E-state index is -0.710. The number of benzene rings is 2. The van der Waals surface area contributed by atoms with Crippen molar-refractivity contribution in [3.8, 4) is 27.6 Å². The van der Waals surface area contributed by atoms with Gasteiger partial charge in [0.25, 0.3) is 11.8 Å². The topological polar surface area (TPSA) is 129 Å². The van der Waals surface area contributed by atoms with Crippen LogP contribution in [0, 0.1) is 0 Å². The Morgan fingerprint density at radius 2 is 1.78 bits per heavy atom. The highest BCUT2D eigenvalue weighted by molar-refractivity contribution is 7.21. The predicted octanol–water partition coefficient (Wildman–Crippen LogP) is 5.31. The zero-order valence-corrected chi connectivity index (χ0v) is 28.2. The average Bonchev–Trinajstić information content (AvgIpc) is 3.68. The zero-order chi connectivity index (χ0) is 34.1. The van der Waals surface area contributed by atoms with Gasteiger partial charge in [-0.3, -0.25) is 29.3 Å². The van der Waals surface area contributed by atoms with Gasteiger partial charge in [0.2, 0.25) is 5.91 Å². The van der Waals surface area contributed by atoms with Crippen LogP contribution < -0.4 is 4.90 Å². The Morgan fingerprint density at radius 3 is 2.53 bits per heavy atom. The van der Waals surface area contributed by atoms with E-state index in [4.69, 9.17) is 9.72 Å². The van der Waals surface area contributed by atoms with E-state index in [1.165, 1.54) is 15.9 Å². The third-order valence-electron chi connectivity index (χ3n) is 8.99. The van der Waals surface area contributed by atoms with Crippen LogP contribution >= 0.6 is 11.3 Å². The molecule has 0 spiro atoms. The fraction of sp³-hybridized carbons (Fsp3) is 0.297. The Balaban J connectivity index is 0.865. The maximum Gasteiger partial charge on any atom is 0.255 e. The summed E-state index contributed by atoms with van der Waals surface area (Å²) in [6.07, 6.45) is 5.64. The number of aromatic hydroxyl groups is 1.